The Balaban J connectivity index is 1.82. The average Bonchev–Trinajstić information content (AvgIpc) is 2.76. The van der Waals surface area contributed by atoms with Gasteiger partial charge in [-0.05, 0) is 61.1 Å². The van der Waals surface area contributed by atoms with Crippen LogP contribution in [0.5, 0.6) is 5.75 Å². The Labute approximate surface area is 168 Å². The van der Waals surface area contributed by atoms with Crippen molar-refractivity contribution in [3.63, 3.8) is 0 Å². The summed E-state index contributed by atoms with van der Waals surface area (Å²) in [5, 5.41) is 11.5. The topological polar surface area (TPSA) is 62.7 Å². The number of nitrogens with zero attached hydrogens (tertiary/aromatic N) is 2. The molecule has 3 aromatic rings. The van der Waals surface area contributed by atoms with Gasteiger partial charge < -0.3 is 14.7 Å². The number of phenolic OH excluding ortho intramolecular Hbond substituents is 1. The van der Waals surface area contributed by atoms with Crippen LogP contribution >= 0.6 is 0 Å². The first kappa shape index (κ1) is 19.2. The first-order chi connectivity index (χ1) is 14.1. The molecular weight excluding hydrogens is 371 g/mol. The maximum absolute atomic E-state index is 13.2. The van der Waals surface area contributed by atoms with Gasteiger partial charge in [0.05, 0.1) is 7.11 Å². The SMILES string of the molecule is COC(=O)c1cc(N2CCCCC2)c2cc(Cc3ccc(F)cc3)cnc2c1O. The fourth-order valence-corrected chi connectivity index (χ4v) is 3.90. The maximum Gasteiger partial charge on any atom is 0.341 e. The summed E-state index contributed by atoms with van der Waals surface area (Å²) < 4.78 is 18.0. The number of esters is 1. The molecule has 0 bridgehead atoms. The van der Waals surface area contributed by atoms with Crippen LogP contribution < -0.4 is 4.90 Å². The van der Waals surface area contributed by atoms with Gasteiger partial charge in [0.25, 0.3) is 0 Å². The molecule has 6 heteroatoms. The normalized spacial score (nSPS) is 14.2. The summed E-state index contributed by atoms with van der Waals surface area (Å²) >= 11 is 0. The lowest BCUT2D eigenvalue weighted by molar-refractivity contribution is 0.0597. The number of anilines is 1. The molecule has 0 saturated carbocycles. The van der Waals surface area contributed by atoms with E-state index < -0.39 is 5.97 Å². The van der Waals surface area contributed by atoms with Crippen LogP contribution in [0.15, 0.2) is 42.6 Å². The molecule has 5 nitrogen and oxygen atoms in total. The summed E-state index contributed by atoms with van der Waals surface area (Å²) in [4.78, 5) is 18.9. The van der Waals surface area contributed by atoms with Crippen molar-refractivity contribution < 1.29 is 19.0 Å². The van der Waals surface area contributed by atoms with Gasteiger partial charge in [0, 0.05) is 30.4 Å². The lowest BCUT2D eigenvalue weighted by atomic mass is 10.0. The van der Waals surface area contributed by atoms with Crippen molar-refractivity contribution in [2.45, 2.75) is 25.7 Å². The standard InChI is InChI=1S/C23H23FN2O3/c1-29-23(28)19-13-20(26-9-3-2-4-10-26)18-12-16(14-25-21(18)22(19)27)11-15-5-7-17(24)8-6-15/h5-8,12-14,27H,2-4,9-11H2,1H3. The first-order valence-electron chi connectivity index (χ1n) is 9.79. The van der Waals surface area contributed by atoms with Crippen molar-refractivity contribution in [2.75, 3.05) is 25.1 Å². The molecule has 0 aliphatic carbocycles. The first-order valence-corrected chi connectivity index (χ1v) is 9.79. The Hall–Kier alpha value is -3.15. The quantitative estimate of drug-likeness (QED) is 0.663. The number of aromatic nitrogens is 1. The predicted octanol–water partition coefficient (Wildman–Crippen LogP) is 4.45. The lowest BCUT2D eigenvalue weighted by Gasteiger charge is -2.30. The van der Waals surface area contributed by atoms with E-state index in [0.717, 1.165) is 48.1 Å². The number of pyridine rings is 1. The zero-order valence-corrected chi connectivity index (χ0v) is 16.3. The van der Waals surface area contributed by atoms with Gasteiger partial charge in [0.1, 0.15) is 16.9 Å². The van der Waals surface area contributed by atoms with Gasteiger partial charge in [-0.1, -0.05) is 12.1 Å². The van der Waals surface area contributed by atoms with Crippen LogP contribution in [0.2, 0.25) is 0 Å². The number of ether oxygens (including phenoxy) is 1. The van der Waals surface area contributed by atoms with Gasteiger partial charge in [0.2, 0.25) is 0 Å². The summed E-state index contributed by atoms with van der Waals surface area (Å²) in [6.45, 7) is 1.78. The largest absolute Gasteiger partial charge is 0.505 e. The number of carbonyl (C=O) groups excluding carboxylic acids is 1. The molecule has 1 aromatic heterocycles. The van der Waals surface area contributed by atoms with Crippen LogP contribution in [0.4, 0.5) is 10.1 Å². The second-order valence-electron chi connectivity index (χ2n) is 7.37. The van der Waals surface area contributed by atoms with Crippen molar-refractivity contribution in [3.8, 4) is 5.75 Å². The van der Waals surface area contributed by atoms with E-state index in [-0.39, 0.29) is 17.1 Å². The number of hydrogen-bond acceptors (Lipinski definition) is 5. The molecular formula is C23H23FN2O3. The van der Waals surface area contributed by atoms with E-state index in [2.05, 4.69) is 9.88 Å². The van der Waals surface area contributed by atoms with E-state index in [1.807, 2.05) is 6.07 Å². The molecule has 2 heterocycles. The number of phenols is 1. The summed E-state index contributed by atoms with van der Waals surface area (Å²) in [7, 11) is 1.30. The number of benzene rings is 2. The van der Waals surface area contributed by atoms with E-state index in [1.165, 1.54) is 25.7 Å². The zero-order chi connectivity index (χ0) is 20.4. The van der Waals surface area contributed by atoms with Gasteiger partial charge in [-0.3, -0.25) is 4.98 Å². The molecule has 0 atom stereocenters. The molecule has 4 rings (SSSR count). The van der Waals surface area contributed by atoms with E-state index in [9.17, 15) is 14.3 Å². The van der Waals surface area contributed by atoms with E-state index in [0.29, 0.717) is 11.9 Å². The van der Waals surface area contributed by atoms with Crippen LogP contribution in [-0.2, 0) is 11.2 Å². The molecule has 1 fully saturated rings. The van der Waals surface area contributed by atoms with Gasteiger partial charge >= 0.3 is 5.97 Å². The summed E-state index contributed by atoms with van der Waals surface area (Å²) in [5.41, 5.74) is 3.32. The average molecular weight is 394 g/mol. The van der Waals surface area contributed by atoms with Crippen LogP contribution in [-0.4, -0.2) is 36.3 Å². The molecule has 0 radical (unpaired) electrons. The highest BCUT2D eigenvalue weighted by Gasteiger charge is 2.22. The van der Waals surface area contributed by atoms with Crippen molar-refractivity contribution in [2.24, 2.45) is 0 Å². The summed E-state index contributed by atoms with van der Waals surface area (Å²) in [6, 6.07) is 10.1. The fraction of sp³-hybridized carbons (Fsp3) is 0.304. The molecule has 0 amide bonds. The number of hydrogen-bond donors (Lipinski definition) is 1. The molecule has 1 aliphatic heterocycles. The van der Waals surface area contributed by atoms with Gasteiger partial charge in [-0.25, -0.2) is 9.18 Å². The number of rotatable bonds is 4. The van der Waals surface area contributed by atoms with Gasteiger partial charge in [0.15, 0.2) is 5.75 Å². The summed E-state index contributed by atoms with van der Waals surface area (Å²) in [6.07, 6.45) is 5.64. The minimum atomic E-state index is -0.583. The maximum atomic E-state index is 13.2. The van der Waals surface area contributed by atoms with E-state index >= 15 is 0 Å². The predicted molar refractivity (Wildman–Crippen MR) is 110 cm³/mol. The van der Waals surface area contributed by atoms with Crippen LogP contribution in [0, 0.1) is 5.82 Å². The number of fused-ring (bicyclic) bond motifs is 1. The molecule has 150 valence electrons. The third-order valence-electron chi connectivity index (χ3n) is 5.40. The molecule has 0 spiro atoms. The molecule has 1 saturated heterocycles. The van der Waals surface area contributed by atoms with Gasteiger partial charge in [-0.2, -0.15) is 0 Å². The molecule has 0 unspecified atom stereocenters. The molecule has 2 aromatic carbocycles. The van der Waals surface area contributed by atoms with Crippen molar-refractivity contribution in [3.05, 3.63) is 65.1 Å². The van der Waals surface area contributed by atoms with Crippen LogP contribution in [0.3, 0.4) is 0 Å². The number of aromatic hydroxyl groups is 1. The van der Waals surface area contributed by atoms with Crippen molar-refractivity contribution in [1.82, 2.24) is 4.98 Å². The fourth-order valence-electron chi connectivity index (χ4n) is 3.90. The van der Waals surface area contributed by atoms with Gasteiger partial charge in [-0.15, -0.1) is 0 Å². The van der Waals surface area contributed by atoms with Crippen LogP contribution in [0.1, 0.15) is 40.7 Å². The van der Waals surface area contributed by atoms with Crippen molar-refractivity contribution >= 4 is 22.6 Å². The highest BCUT2D eigenvalue weighted by atomic mass is 19.1. The molecule has 1 N–H and O–H groups in total. The Kier molecular flexibility index (Phi) is 5.34. The Morgan fingerprint density at radius 2 is 1.86 bits per heavy atom. The summed E-state index contributed by atoms with van der Waals surface area (Å²) in [5.74, 6) is -1.01. The smallest absolute Gasteiger partial charge is 0.341 e. The van der Waals surface area contributed by atoms with E-state index in [1.54, 1.807) is 24.4 Å². The number of carbonyl (C=O) groups is 1. The minimum absolute atomic E-state index is 0.124. The Bertz CT molecular complexity index is 1040. The Morgan fingerprint density at radius 1 is 1.14 bits per heavy atom. The van der Waals surface area contributed by atoms with Crippen molar-refractivity contribution in [1.29, 1.82) is 0 Å². The second kappa shape index (κ2) is 8.07. The molecule has 29 heavy (non-hydrogen) atoms. The minimum Gasteiger partial charge on any atom is -0.505 e. The second-order valence-corrected chi connectivity index (χ2v) is 7.37. The monoisotopic (exact) mass is 394 g/mol. The van der Waals surface area contributed by atoms with E-state index in [4.69, 9.17) is 4.74 Å². The van der Waals surface area contributed by atoms with Crippen LogP contribution in [0.25, 0.3) is 10.9 Å². The number of methoxy groups -OCH3 is 1. The third kappa shape index (κ3) is 3.88. The number of halogens is 1. The lowest BCUT2D eigenvalue weighted by Crippen LogP contribution is -2.29. The zero-order valence-electron chi connectivity index (χ0n) is 16.3. The molecule has 1 aliphatic rings. The number of piperidine rings is 1. The highest BCUT2D eigenvalue weighted by molar-refractivity contribution is 6.05. The Morgan fingerprint density at radius 3 is 2.55 bits per heavy atom. The third-order valence-corrected chi connectivity index (χ3v) is 5.40. The highest BCUT2D eigenvalue weighted by Crippen LogP contribution is 2.37.